The van der Waals surface area contributed by atoms with Crippen molar-refractivity contribution < 1.29 is 14.2 Å². The maximum Gasteiger partial charge on any atom is 0.214 e. The molecule has 7 nitrogen and oxygen atoms in total. The Morgan fingerprint density at radius 2 is 1.82 bits per heavy atom. The molecule has 0 spiro atoms. The Hall–Kier alpha value is -3.00. The number of aromatic amines is 1. The summed E-state index contributed by atoms with van der Waals surface area (Å²) >= 11 is 5.38. The van der Waals surface area contributed by atoms with Crippen LogP contribution >= 0.6 is 12.2 Å². The fraction of sp³-hybridized carbons (Fsp3) is 0.300. The van der Waals surface area contributed by atoms with Crippen molar-refractivity contribution in [3.05, 3.63) is 52.8 Å². The van der Waals surface area contributed by atoms with Crippen LogP contribution in [0.5, 0.6) is 17.2 Å². The van der Waals surface area contributed by atoms with Gasteiger partial charge in [0, 0.05) is 0 Å². The van der Waals surface area contributed by atoms with Gasteiger partial charge in [0.15, 0.2) is 17.3 Å². The normalized spacial score (nSPS) is 10.8. The lowest BCUT2D eigenvalue weighted by atomic mass is 10.2. The van der Waals surface area contributed by atoms with E-state index >= 15 is 0 Å². The summed E-state index contributed by atoms with van der Waals surface area (Å²) in [6, 6.07) is 13.5. The minimum absolute atomic E-state index is 0.0746. The van der Waals surface area contributed by atoms with Gasteiger partial charge in [0.25, 0.3) is 0 Å². The number of nitrogens with zero attached hydrogens (tertiary/aromatic N) is 2. The molecule has 0 aliphatic carbocycles. The first-order valence-corrected chi connectivity index (χ1v) is 9.32. The molecule has 148 valence electrons. The summed E-state index contributed by atoms with van der Waals surface area (Å²) in [7, 11) is 3.26. The van der Waals surface area contributed by atoms with Crippen molar-refractivity contribution in [1.82, 2.24) is 14.9 Å². The maximum absolute atomic E-state index is 5.77. The van der Waals surface area contributed by atoms with Gasteiger partial charge in [-0.1, -0.05) is 18.2 Å². The SMILES string of the molecule is COc1cc(CNn2c(-c3ccccc3OC)n[nH]c2=S)ccc1OC(C)C. The van der Waals surface area contributed by atoms with E-state index in [1.165, 1.54) is 0 Å². The number of rotatable bonds is 8. The number of ether oxygens (including phenoxy) is 3. The number of para-hydroxylation sites is 1. The molecule has 0 unspecified atom stereocenters. The third kappa shape index (κ3) is 4.28. The number of hydrogen-bond acceptors (Lipinski definition) is 6. The molecule has 3 aromatic rings. The number of aromatic nitrogens is 3. The highest BCUT2D eigenvalue weighted by Gasteiger charge is 2.14. The fourth-order valence-electron chi connectivity index (χ4n) is 2.80. The quantitative estimate of drug-likeness (QED) is 0.553. The van der Waals surface area contributed by atoms with Crippen molar-refractivity contribution in [3.8, 4) is 28.6 Å². The summed E-state index contributed by atoms with van der Waals surface area (Å²) in [5, 5.41) is 7.18. The van der Waals surface area contributed by atoms with Crippen LogP contribution in [0.4, 0.5) is 0 Å². The Morgan fingerprint density at radius 1 is 1.07 bits per heavy atom. The van der Waals surface area contributed by atoms with Crippen molar-refractivity contribution in [2.45, 2.75) is 26.5 Å². The predicted octanol–water partition coefficient (Wildman–Crippen LogP) is 4.16. The number of H-pyrrole nitrogens is 1. The molecule has 0 aliphatic rings. The Morgan fingerprint density at radius 3 is 2.54 bits per heavy atom. The minimum Gasteiger partial charge on any atom is -0.496 e. The van der Waals surface area contributed by atoms with Gasteiger partial charge in [-0.15, -0.1) is 0 Å². The number of hydrogen-bond donors (Lipinski definition) is 2. The smallest absolute Gasteiger partial charge is 0.214 e. The van der Waals surface area contributed by atoms with Crippen LogP contribution in [0, 0.1) is 4.77 Å². The van der Waals surface area contributed by atoms with Crippen LogP contribution < -0.4 is 19.6 Å². The van der Waals surface area contributed by atoms with Gasteiger partial charge in [-0.3, -0.25) is 0 Å². The summed E-state index contributed by atoms with van der Waals surface area (Å²) in [4.78, 5) is 0. The third-order valence-electron chi connectivity index (χ3n) is 4.05. The van der Waals surface area contributed by atoms with Gasteiger partial charge in [-0.2, -0.15) is 5.10 Å². The van der Waals surface area contributed by atoms with Gasteiger partial charge >= 0.3 is 0 Å². The molecular formula is C20H24N4O3S. The van der Waals surface area contributed by atoms with E-state index in [2.05, 4.69) is 15.6 Å². The molecule has 1 aromatic heterocycles. The van der Waals surface area contributed by atoms with Gasteiger partial charge in [-0.05, 0) is 55.9 Å². The summed E-state index contributed by atoms with van der Waals surface area (Å²) < 4.78 is 18.9. The van der Waals surface area contributed by atoms with Gasteiger partial charge in [0.2, 0.25) is 4.77 Å². The molecule has 8 heteroatoms. The summed E-state index contributed by atoms with van der Waals surface area (Å²) in [5.74, 6) is 2.77. The molecule has 3 rings (SSSR count). The molecule has 28 heavy (non-hydrogen) atoms. The molecule has 0 bridgehead atoms. The van der Waals surface area contributed by atoms with Crippen LogP contribution in [0.2, 0.25) is 0 Å². The lowest BCUT2D eigenvalue weighted by Crippen LogP contribution is -2.16. The van der Waals surface area contributed by atoms with Gasteiger partial charge < -0.3 is 19.6 Å². The lowest BCUT2D eigenvalue weighted by Gasteiger charge is -2.16. The summed E-state index contributed by atoms with van der Waals surface area (Å²) in [5.41, 5.74) is 5.16. The highest BCUT2D eigenvalue weighted by molar-refractivity contribution is 7.71. The van der Waals surface area contributed by atoms with E-state index in [1.54, 1.807) is 18.9 Å². The van der Waals surface area contributed by atoms with E-state index in [0.29, 0.717) is 22.9 Å². The van der Waals surface area contributed by atoms with Crippen molar-refractivity contribution in [2.24, 2.45) is 0 Å². The molecular weight excluding hydrogens is 376 g/mol. The first kappa shape index (κ1) is 19.8. The van der Waals surface area contributed by atoms with Gasteiger partial charge in [0.05, 0.1) is 32.4 Å². The molecule has 1 heterocycles. The molecule has 0 aliphatic heterocycles. The van der Waals surface area contributed by atoms with E-state index in [-0.39, 0.29) is 6.10 Å². The minimum atomic E-state index is 0.0746. The van der Waals surface area contributed by atoms with Crippen LogP contribution in [0.15, 0.2) is 42.5 Å². The van der Waals surface area contributed by atoms with E-state index in [1.807, 2.05) is 56.3 Å². The van der Waals surface area contributed by atoms with E-state index in [4.69, 9.17) is 26.4 Å². The molecule has 0 fully saturated rings. The van der Waals surface area contributed by atoms with Crippen LogP contribution in [0.25, 0.3) is 11.4 Å². The first-order valence-electron chi connectivity index (χ1n) is 8.91. The monoisotopic (exact) mass is 400 g/mol. The largest absolute Gasteiger partial charge is 0.496 e. The second-order valence-electron chi connectivity index (χ2n) is 6.37. The second kappa shape index (κ2) is 8.79. The molecule has 0 saturated carbocycles. The zero-order valence-corrected chi connectivity index (χ0v) is 17.2. The molecule has 2 aromatic carbocycles. The highest BCUT2D eigenvalue weighted by Crippen LogP contribution is 2.30. The Balaban J connectivity index is 1.84. The van der Waals surface area contributed by atoms with Crippen LogP contribution in [-0.4, -0.2) is 35.2 Å². The van der Waals surface area contributed by atoms with Gasteiger partial charge in [0.1, 0.15) is 5.75 Å². The number of benzene rings is 2. The van der Waals surface area contributed by atoms with Crippen molar-refractivity contribution >= 4 is 12.2 Å². The van der Waals surface area contributed by atoms with E-state index in [0.717, 1.165) is 22.6 Å². The zero-order valence-electron chi connectivity index (χ0n) is 16.4. The van der Waals surface area contributed by atoms with Crippen LogP contribution in [-0.2, 0) is 6.54 Å². The average molecular weight is 401 g/mol. The first-order chi connectivity index (χ1) is 13.5. The van der Waals surface area contributed by atoms with E-state index < -0.39 is 0 Å². The fourth-order valence-corrected chi connectivity index (χ4v) is 2.99. The maximum atomic E-state index is 5.77. The third-order valence-corrected chi connectivity index (χ3v) is 4.33. The van der Waals surface area contributed by atoms with Crippen LogP contribution in [0.1, 0.15) is 19.4 Å². The van der Waals surface area contributed by atoms with Crippen LogP contribution in [0.3, 0.4) is 0 Å². The zero-order chi connectivity index (χ0) is 20.1. The number of methoxy groups -OCH3 is 2. The molecule has 0 saturated heterocycles. The standard InChI is InChI=1S/C20H24N4O3S/c1-13(2)27-17-10-9-14(11-18(17)26-4)12-21-24-19(22-23-20(24)28)15-7-5-6-8-16(15)25-3/h5-11,13,21H,12H2,1-4H3,(H,23,28). The molecule has 0 radical (unpaired) electrons. The lowest BCUT2D eigenvalue weighted by molar-refractivity contribution is 0.230. The molecule has 0 amide bonds. The highest BCUT2D eigenvalue weighted by atomic mass is 32.1. The number of nitrogens with one attached hydrogen (secondary N) is 2. The second-order valence-corrected chi connectivity index (χ2v) is 6.76. The average Bonchev–Trinajstić information content (AvgIpc) is 3.07. The Labute approximate surface area is 169 Å². The van der Waals surface area contributed by atoms with Crippen molar-refractivity contribution in [3.63, 3.8) is 0 Å². The van der Waals surface area contributed by atoms with Crippen molar-refractivity contribution in [2.75, 3.05) is 19.6 Å². The summed E-state index contributed by atoms with van der Waals surface area (Å²) in [6.07, 6.45) is 0.0746. The molecule has 2 N–H and O–H groups in total. The Bertz CT molecular complexity index is 997. The molecule has 0 atom stereocenters. The predicted molar refractivity (Wildman–Crippen MR) is 111 cm³/mol. The van der Waals surface area contributed by atoms with E-state index in [9.17, 15) is 0 Å². The van der Waals surface area contributed by atoms with Crippen molar-refractivity contribution in [1.29, 1.82) is 0 Å². The summed E-state index contributed by atoms with van der Waals surface area (Å²) in [6.45, 7) is 4.48. The topological polar surface area (TPSA) is 73.3 Å². The Kier molecular flexibility index (Phi) is 6.20. The van der Waals surface area contributed by atoms with Gasteiger partial charge in [-0.25, -0.2) is 9.77 Å².